The number of hydrogen-bond donors (Lipinski definition) is 1. The fraction of sp³-hybridized carbons (Fsp3) is 0.500. The van der Waals surface area contributed by atoms with E-state index in [-0.39, 0.29) is 23.0 Å². The first-order valence-electron chi connectivity index (χ1n) is 10.0. The van der Waals surface area contributed by atoms with Gasteiger partial charge >= 0.3 is 5.97 Å². The average Bonchev–Trinajstić information content (AvgIpc) is 3.11. The second-order valence-electron chi connectivity index (χ2n) is 7.49. The van der Waals surface area contributed by atoms with Crippen LogP contribution in [0.4, 0.5) is 5.00 Å². The van der Waals surface area contributed by atoms with Crippen LogP contribution in [0.2, 0.25) is 0 Å². The van der Waals surface area contributed by atoms with Crippen molar-refractivity contribution in [3.63, 3.8) is 0 Å². The molecule has 1 aliphatic heterocycles. The highest BCUT2D eigenvalue weighted by Crippen LogP contribution is 2.46. The third-order valence-corrected chi connectivity index (χ3v) is 8.24. The zero-order chi connectivity index (χ0) is 21.5. The van der Waals surface area contributed by atoms with E-state index in [9.17, 15) is 18.0 Å². The lowest BCUT2D eigenvalue weighted by molar-refractivity contribution is 0.0527. The molecular weight excluding hydrogens is 428 g/mol. The highest BCUT2D eigenvalue weighted by Gasteiger charge is 2.34. The molecule has 10 heteroatoms. The van der Waals surface area contributed by atoms with Gasteiger partial charge in [-0.05, 0) is 56.4 Å². The van der Waals surface area contributed by atoms with E-state index in [4.69, 9.17) is 9.15 Å². The lowest BCUT2D eigenvalue weighted by Gasteiger charge is -2.14. The number of thiophene rings is 1. The molecule has 162 valence electrons. The van der Waals surface area contributed by atoms with E-state index in [0.29, 0.717) is 29.6 Å². The maximum atomic E-state index is 12.8. The summed E-state index contributed by atoms with van der Waals surface area (Å²) in [5, 5.41) is 4.97. The molecular formula is C20H24N2O6S2. The van der Waals surface area contributed by atoms with Crippen LogP contribution in [0, 0.1) is 6.92 Å². The second-order valence-corrected chi connectivity index (χ2v) is 10.3. The van der Waals surface area contributed by atoms with Crippen LogP contribution in [-0.4, -0.2) is 44.3 Å². The van der Waals surface area contributed by atoms with E-state index >= 15 is 0 Å². The molecule has 1 N–H and O–H groups in total. The fourth-order valence-electron chi connectivity index (χ4n) is 3.64. The molecule has 1 saturated carbocycles. The molecule has 0 atom stereocenters. The molecule has 0 aromatic carbocycles. The summed E-state index contributed by atoms with van der Waals surface area (Å²) in [5.74, 6) is -0.696. The Balaban J connectivity index is 1.59. The van der Waals surface area contributed by atoms with Gasteiger partial charge in [-0.25, -0.2) is 13.2 Å². The Morgan fingerprint density at radius 2 is 2.00 bits per heavy atom. The van der Waals surface area contributed by atoms with Gasteiger partial charge in [0.2, 0.25) is 10.0 Å². The summed E-state index contributed by atoms with van der Waals surface area (Å²) in [6.45, 7) is 4.43. The van der Waals surface area contributed by atoms with Crippen molar-refractivity contribution >= 4 is 38.2 Å². The number of esters is 1. The summed E-state index contributed by atoms with van der Waals surface area (Å²) in [7, 11) is -3.69. The summed E-state index contributed by atoms with van der Waals surface area (Å²) in [5.41, 5.74) is 1.27. The van der Waals surface area contributed by atoms with Gasteiger partial charge in [-0.3, -0.25) is 4.79 Å². The molecule has 0 unspecified atom stereocenters. The fourth-order valence-corrected chi connectivity index (χ4v) is 6.34. The monoisotopic (exact) mass is 452 g/mol. The standard InChI is InChI=1S/C20H24N2O6S2/c1-3-27-20(24)17-14(13-6-7-13)11-29-19(17)21-18(23)15-10-16(12(2)28-15)30(25,26)22-8-4-5-9-22/h10-11,13H,3-9H2,1-2H3,(H,21,23). The number of amides is 1. The second kappa shape index (κ2) is 8.16. The molecule has 1 aliphatic carbocycles. The van der Waals surface area contributed by atoms with Crippen LogP contribution < -0.4 is 5.32 Å². The van der Waals surface area contributed by atoms with Gasteiger partial charge in [0.1, 0.15) is 15.7 Å². The molecule has 2 fully saturated rings. The molecule has 0 bridgehead atoms. The quantitative estimate of drug-likeness (QED) is 0.642. The van der Waals surface area contributed by atoms with Crippen molar-refractivity contribution in [3.05, 3.63) is 34.1 Å². The Hall–Kier alpha value is -2.17. The first-order chi connectivity index (χ1) is 14.3. The zero-order valence-electron chi connectivity index (χ0n) is 16.9. The molecule has 0 radical (unpaired) electrons. The van der Waals surface area contributed by atoms with Crippen LogP contribution in [0.5, 0.6) is 0 Å². The Morgan fingerprint density at radius 3 is 2.63 bits per heavy atom. The SMILES string of the molecule is CCOC(=O)c1c(C2CC2)csc1NC(=O)c1cc(S(=O)(=O)N2CCCC2)c(C)o1. The molecule has 2 aliphatic rings. The Bertz CT molecular complexity index is 1070. The number of rotatable bonds is 7. The van der Waals surface area contributed by atoms with Crippen molar-refractivity contribution in [2.24, 2.45) is 0 Å². The molecule has 1 saturated heterocycles. The number of sulfonamides is 1. The van der Waals surface area contributed by atoms with Crippen LogP contribution in [0.25, 0.3) is 0 Å². The van der Waals surface area contributed by atoms with Gasteiger partial charge in [-0.1, -0.05) is 0 Å². The Morgan fingerprint density at radius 1 is 1.30 bits per heavy atom. The number of hydrogen-bond acceptors (Lipinski definition) is 7. The molecule has 3 heterocycles. The van der Waals surface area contributed by atoms with Gasteiger partial charge in [0.25, 0.3) is 5.91 Å². The van der Waals surface area contributed by atoms with E-state index in [1.807, 2.05) is 5.38 Å². The molecule has 30 heavy (non-hydrogen) atoms. The predicted molar refractivity (Wildman–Crippen MR) is 112 cm³/mol. The maximum absolute atomic E-state index is 12.8. The molecule has 2 aromatic rings. The van der Waals surface area contributed by atoms with Gasteiger partial charge in [-0.15, -0.1) is 11.3 Å². The van der Waals surface area contributed by atoms with Crippen LogP contribution in [0.15, 0.2) is 20.8 Å². The van der Waals surface area contributed by atoms with Gasteiger partial charge in [0, 0.05) is 19.2 Å². The number of nitrogens with one attached hydrogen (secondary N) is 1. The van der Waals surface area contributed by atoms with Crippen molar-refractivity contribution in [3.8, 4) is 0 Å². The minimum atomic E-state index is -3.69. The normalized spacial score (nSPS) is 17.3. The number of carbonyl (C=O) groups is 2. The third-order valence-electron chi connectivity index (χ3n) is 5.32. The predicted octanol–water partition coefficient (Wildman–Crippen LogP) is 3.74. The highest BCUT2D eigenvalue weighted by atomic mass is 32.2. The first-order valence-corrected chi connectivity index (χ1v) is 12.3. The van der Waals surface area contributed by atoms with Crippen LogP contribution in [-0.2, 0) is 14.8 Å². The molecule has 0 spiro atoms. The van der Waals surface area contributed by atoms with Crippen molar-refractivity contribution < 1.29 is 27.2 Å². The minimum Gasteiger partial charge on any atom is -0.462 e. The van der Waals surface area contributed by atoms with E-state index in [1.54, 1.807) is 6.92 Å². The smallest absolute Gasteiger partial charge is 0.341 e. The highest BCUT2D eigenvalue weighted by molar-refractivity contribution is 7.89. The summed E-state index contributed by atoms with van der Waals surface area (Å²) in [6, 6.07) is 1.26. The summed E-state index contributed by atoms with van der Waals surface area (Å²) < 4.78 is 37.7. The van der Waals surface area contributed by atoms with Crippen molar-refractivity contribution in [2.45, 2.75) is 50.3 Å². The van der Waals surface area contributed by atoms with Crippen LogP contribution in [0.1, 0.15) is 70.8 Å². The van der Waals surface area contributed by atoms with Crippen molar-refractivity contribution in [2.75, 3.05) is 25.0 Å². The summed E-state index contributed by atoms with van der Waals surface area (Å²) in [4.78, 5) is 25.3. The van der Waals surface area contributed by atoms with E-state index in [0.717, 1.165) is 31.2 Å². The molecule has 1 amide bonds. The number of anilines is 1. The zero-order valence-corrected chi connectivity index (χ0v) is 18.5. The first kappa shape index (κ1) is 21.1. The Kier molecular flexibility index (Phi) is 5.73. The molecule has 4 rings (SSSR count). The topological polar surface area (TPSA) is 106 Å². The number of ether oxygens (including phenoxy) is 1. The van der Waals surface area contributed by atoms with Gasteiger partial charge in [0.05, 0.1) is 12.2 Å². The minimum absolute atomic E-state index is 0.00464. The van der Waals surface area contributed by atoms with Crippen molar-refractivity contribution in [1.29, 1.82) is 0 Å². The van der Waals surface area contributed by atoms with Crippen molar-refractivity contribution in [1.82, 2.24) is 4.31 Å². The maximum Gasteiger partial charge on any atom is 0.341 e. The molecule has 8 nitrogen and oxygen atoms in total. The summed E-state index contributed by atoms with van der Waals surface area (Å²) in [6.07, 6.45) is 3.65. The average molecular weight is 453 g/mol. The van der Waals surface area contributed by atoms with E-state index < -0.39 is 21.9 Å². The van der Waals surface area contributed by atoms with Gasteiger partial charge in [0.15, 0.2) is 5.76 Å². The molecule has 2 aromatic heterocycles. The number of nitrogens with zero attached hydrogens (tertiary/aromatic N) is 1. The summed E-state index contributed by atoms with van der Waals surface area (Å²) >= 11 is 1.26. The lowest BCUT2D eigenvalue weighted by Crippen LogP contribution is -2.28. The van der Waals surface area contributed by atoms with E-state index in [2.05, 4.69) is 5.32 Å². The van der Waals surface area contributed by atoms with Gasteiger partial charge in [-0.2, -0.15) is 4.31 Å². The largest absolute Gasteiger partial charge is 0.462 e. The van der Waals surface area contributed by atoms with Crippen LogP contribution in [0.3, 0.4) is 0 Å². The van der Waals surface area contributed by atoms with Crippen LogP contribution >= 0.6 is 11.3 Å². The lowest BCUT2D eigenvalue weighted by atomic mass is 10.1. The number of aryl methyl sites for hydroxylation is 1. The van der Waals surface area contributed by atoms with E-state index in [1.165, 1.54) is 28.6 Å². The number of furan rings is 1. The Labute approximate surface area is 179 Å². The third kappa shape index (κ3) is 3.91. The number of carbonyl (C=O) groups excluding carboxylic acids is 2. The van der Waals surface area contributed by atoms with Gasteiger partial charge < -0.3 is 14.5 Å².